The zero-order valence-corrected chi connectivity index (χ0v) is 17.0. The molecule has 0 aromatic heterocycles. The van der Waals surface area contributed by atoms with Crippen LogP contribution in [-0.4, -0.2) is 46.0 Å². The van der Waals surface area contributed by atoms with Crippen molar-refractivity contribution < 1.29 is 17.9 Å². The average Bonchev–Trinajstić information content (AvgIpc) is 3.07. The van der Waals surface area contributed by atoms with Crippen molar-refractivity contribution in [3.8, 4) is 5.75 Å². The number of hydrogen-bond donors (Lipinski definition) is 2. The first-order valence-electron chi connectivity index (χ1n) is 8.61. The SMILES string of the molecule is COc1cccc(C2(CNC(=O)C(N)CCS(C)(=O)=O)CCCC2)c1.Cl. The Labute approximate surface area is 162 Å². The maximum absolute atomic E-state index is 12.3. The van der Waals surface area contributed by atoms with E-state index in [0.717, 1.165) is 43.3 Å². The van der Waals surface area contributed by atoms with Crippen molar-refractivity contribution >= 4 is 28.2 Å². The molecule has 1 atom stereocenters. The van der Waals surface area contributed by atoms with Crippen LogP contribution in [0.25, 0.3) is 0 Å². The summed E-state index contributed by atoms with van der Waals surface area (Å²) < 4.78 is 27.8. The molecule has 1 aliphatic rings. The van der Waals surface area contributed by atoms with Crippen molar-refractivity contribution in [3.63, 3.8) is 0 Å². The molecule has 0 bridgehead atoms. The number of methoxy groups -OCH3 is 1. The maximum atomic E-state index is 12.3. The molecule has 0 radical (unpaired) electrons. The number of amides is 1. The molecule has 0 heterocycles. The van der Waals surface area contributed by atoms with Gasteiger partial charge in [0.05, 0.1) is 18.9 Å². The van der Waals surface area contributed by atoms with Crippen LogP contribution in [0, 0.1) is 0 Å². The first-order valence-corrected chi connectivity index (χ1v) is 10.7. The number of benzene rings is 1. The Morgan fingerprint density at radius 1 is 1.35 bits per heavy atom. The van der Waals surface area contributed by atoms with Crippen molar-refractivity contribution in [2.75, 3.05) is 25.7 Å². The Kier molecular flexibility index (Phi) is 8.37. The van der Waals surface area contributed by atoms with E-state index in [2.05, 4.69) is 11.4 Å². The third-order valence-electron chi connectivity index (χ3n) is 4.98. The molecule has 0 saturated heterocycles. The molecular weight excluding hydrogens is 376 g/mol. The minimum atomic E-state index is -3.12. The van der Waals surface area contributed by atoms with Crippen molar-refractivity contribution in [1.29, 1.82) is 0 Å². The van der Waals surface area contributed by atoms with Gasteiger partial charge in [0, 0.05) is 18.2 Å². The van der Waals surface area contributed by atoms with Crippen molar-refractivity contribution in [1.82, 2.24) is 5.32 Å². The molecule has 0 spiro atoms. The van der Waals surface area contributed by atoms with Crippen LogP contribution in [-0.2, 0) is 20.0 Å². The van der Waals surface area contributed by atoms with E-state index in [1.165, 1.54) is 0 Å². The molecule has 1 saturated carbocycles. The molecule has 1 aromatic rings. The topological polar surface area (TPSA) is 98.5 Å². The molecule has 3 N–H and O–H groups in total. The van der Waals surface area contributed by atoms with E-state index >= 15 is 0 Å². The predicted molar refractivity (Wildman–Crippen MR) is 106 cm³/mol. The van der Waals surface area contributed by atoms with Crippen molar-refractivity contribution in [2.24, 2.45) is 5.73 Å². The second kappa shape index (κ2) is 9.58. The van der Waals surface area contributed by atoms with Crippen LogP contribution in [0.4, 0.5) is 0 Å². The zero-order valence-electron chi connectivity index (χ0n) is 15.4. The summed E-state index contributed by atoms with van der Waals surface area (Å²) in [5.41, 5.74) is 6.89. The highest BCUT2D eigenvalue weighted by Gasteiger charge is 2.36. The van der Waals surface area contributed by atoms with Gasteiger partial charge in [-0.25, -0.2) is 8.42 Å². The highest BCUT2D eigenvalue weighted by Crippen LogP contribution is 2.41. The van der Waals surface area contributed by atoms with Gasteiger partial charge in [-0.05, 0) is 37.0 Å². The van der Waals surface area contributed by atoms with Crippen LogP contribution < -0.4 is 15.8 Å². The highest BCUT2D eigenvalue weighted by molar-refractivity contribution is 7.90. The summed E-state index contributed by atoms with van der Waals surface area (Å²) in [4.78, 5) is 12.3. The summed E-state index contributed by atoms with van der Waals surface area (Å²) >= 11 is 0. The lowest BCUT2D eigenvalue weighted by Gasteiger charge is -2.31. The fourth-order valence-electron chi connectivity index (χ4n) is 3.43. The lowest BCUT2D eigenvalue weighted by molar-refractivity contribution is -0.122. The van der Waals surface area contributed by atoms with E-state index in [4.69, 9.17) is 10.5 Å². The third-order valence-corrected chi connectivity index (χ3v) is 5.96. The maximum Gasteiger partial charge on any atom is 0.236 e. The van der Waals surface area contributed by atoms with Gasteiger partial charge in [-0.2, -0.15) is 0 Å². The number of carbonyl (C=O) groups excluding carboxylic acids is 1. The second-order valence-electron chi connectivity index (χ2n) is 6.96. The van der Waals surface area contributed by atoms with Gasteiger partial charge in [-0.1, -0.05) is 25.0 Å². The molecule has 0 aliphatic heterocycles. The summed E-state index contributed by atoms with van der Waals surface area (Å²) in [6.07, 6.45) is 5.52. The smallest absolute Gasteiger partial charge is 0.236 e. The average molecular weight is 405 g/mol. The first kappa shape index (κ1) is 22.7. The molecule has 1 amide bonds. The number of nitrogens with one attached hydrogen (secondary N) is 1. The molecule has 2 rings (SSSR count). The number of hydrogen-bond acceptors (Lipinski definition) is 5. The molecule has 26 heavy (non-hydrogen) atoms. The Balaban J connectivity index is 0.00000338. The van der Waals surface area contributed by atoms with E-state index in [1.54, 1.807) is 7.11 Å². The van der Waals surface area contributed by atoms with E-state index in [0.29, 0.717) is 6.54 Å². The van der Waals surface area contributed by atoms with Crippen molar-refractivity contribution in [2.45, 2.75) is 43.6 Å². The predicted octanol–water partition coefficient (Wildman–Crippen LogP) is 1.81. The number of nitrogens with two attached hydrogens (primary N) is 1. The van der Waals surface area contributed by atoms with Crippen LogP contribution in [0.1, 0.15) is 37.7 Å². The molecule has 1 aliphatic carbocycles. The van der Waals surface area contributed by atoms with Gasteiger partial charge in [-0.3, -0.25) is 4.79 Å². The van der Waals surface area contributed by atoms with Crippen LogP contribution in [0.3, 0.4) is 0 Å². The van der Waals surface area contributed by atoms with Crippen LogP contribution in [0.2, 0.25) is 0 Å². The lowest BCUT2D eigenvalue weighted by Crippen LogP contribution is -2.46. The number of halogens is 1. The summed E-state index contributed by atoms with van der Waals surface area (Å²) in [5, 5.41) is 2.94. The largest absolute Gasteiger partial charge is 0.497 e. The van der Waals surface area contributed by atoms with Crippen LogP contribution in [0.5, 0.6) is 5.75 Å². The summed E-state index contributed by atoms with van der Waals surface area (Å²) in [6.45, 7) is 0.506. The molecule has 148 valence electrons. The Hall–Kier alpha value is -1.31. The molecule has 6 nitrogen and oxygen atoms in total. The van der Waals surface area contributed by atoms with Crippen LogP contribution >= 0.6 is 12.4 Å². The van der Waals surface area contributed by atoms with Crippen LogP contribution in [0.15, 0.2) is 24.3 Å². The van der Waals surface area contributed by atoms with E-state index in [9.17, 15) is 13.2 Å². The summed E-state index contributed by atoms with van der Waals surface area (Å²) in [5.74, 6) is 0.431. The highest BCUT2D eigenvalue weighted by atomic mass is 35.5. The van der Waals surface area contributed by atoms with Gasteiger partial charge in [0.1, 0.15) is 15.6 Å². The zero-order chi connectivity index (χ0) is 18.5. The number of carbonyl (C=O) groups is 1. The lowest BCUT2D eigenvalue weighted by atomic mass is 9.78. The van der Waals surface area contributed by atoms with Gasteiger partial charge in [0.15, 0.2) is 0 Å². The number of sulfone groups is 1. The molecule has 1 fully saturated rings. The Morgan fingerprint density at radius 3 is 2.58 bits per heavy atom. The van der Waals surface area contributed by atoms with Gasteiger partial charge in [0.2, 0.25) is 5.91 Å². The van der Waals surface area contributed by atoms with E-state index < -0.39 is 15.9 Å². The van der Waals surface area contributed by atoms with E-state index in [1.807, 2.05) is 18.2 Å². The minimum Gasteiger partial charge on any atom is -0.497 e. The summed E-state index contributed by atoms with van der Waals surface area (Å²) in [6, 6.07) is 7.17. The van der Waals surface area contributed by atoms with Gasteiger partial charge in [0.25, 0.3) is 0 Å². The number of ether oxygens (including phenoxy) is 1. The monoisotopic (exact) mass is 404 g/mol. The van der Waals surface area contributed by atoms with Crippen molar-refractivity contribution in [3.05, 3.63) is 29.8 Å². The summed E-state index contributed by atoms with van der Waals surface area (Å²) in [7, 11) is -1.48. The Bertz CT molecular complexity index is 703. The fraction of sp³-hybridized carbons (Fsp3) is 0.611. The molecule has 1 unspecified atom stereocenters. The number of rotatable bonds is 8. The fourth-order valence-corrected chi connectivity index (χ4v) is 4.11. The second-order valence-corrected chi connectivity index (χ2v) is 9.22. The molecular formula is C18H29ClN2O4S. The first-order chi connectivity index (χ1) is 11.8. The molecule has 8 heteroatoms. The normalized spacial score (nSPS) is 17.2. The van der Waals surface area contributed by atoms with Gasteiger partial charge >= 0.3 is 0 Å². The van der Waals surface area contributed by atoms with E-state index in [-0.39, 0.29) is 35.9 Å². The Morgan fingerprint density at radius 2 is 2.00 bits per heavy atom. The van der Waals surface area contributed by atoms with Gasteiger partial charge < -0.3 is 15.8 Å². The molecule has 1 aromatic carbocycles. The third kappa shape index (κ3) is 6.14. The quantitative estimate of drug-likeness (QED) is 0.688. The minimum absolute atomic E-state index is 0. The standard InChI is InChI=1S/C18H28N2O4S.ClH/c1-24-15-7-5-6-14(12-15)18(9-3-4-10-18)13-20-17(21)16(19)8-11-25(2,22)23;/h5-7,12,16H,3-4,8-11,13,19H2,1-2H3,(H,20,21);1H. The van der Waals surface area contributed by atoms with Gasteiger partial charge in [-0.15, -0.1) is 12.4 Å².